The first-order valence-corrected chi connectivity index (χ1v) is 9.27. The van der Waals surface area contributed by atoms with Crippen molar-refractivity contribution in [1.29, 1.82) is 0 Å². The second kappa shape index (κ2) is 5.69. The van der Waals surface area contributed by atoms with Crippen LogP contribution in [0.1, 0.15) is 78.6 Å². The molecule has 0 N–H and O–H groups in total. The molecule has 0 amide bonds. The quantitative estimate of drug-likeness (QED) is 0.379. The highest BCUT2D eigenvalue weighted by atomic mass is 16.6. The molecule has 0 aromatic rings. The minimum atomic E-state index is -0.179. The fraction of sp³-hybridized carbons (Fsp3) is 0.850. The van der Waals surface area contributed by atoms with Crippen molar-refractivity contribution in [3.8, 4) is 0 Å². The maximum atomic E-state index is 12.3. The van der Waals surface area contributed by atoms with E-state index in [1.165, 1.54) is 51.4 Å². The molecule has 4 rings (SSSR count). The van der Waals surface area contributed by atoms with Gasteiger partial charge in [0, 0.05) is 5.57 Å². The van der Waals surface area contributed by atoms with Gasteiger partial charge in [0.05, 0.1) is 0 Å². The van der Waals surface area contributed by atoms with Crippen molar-refractivity contribution in [3.63, 3.8) is 0 Å². The number of esters is 1. The van der Waals surface area contributed by atoms with Crippen molar-refractivity contribution in [1.82, 2.24) is 0 Å². The fourth-order valence-electron chi connectivity index (χ4n) is 5.99. The molecule has 4 aliphatic rings. The van der Waals surface area contributed by atoms with Crippen molar-refractivity contribution >= 4 is 5.97 Å². The molecule has 4 bridgehead atoms. The van der Waals surface area contributed by atoms with E-state index < -0.39 is 0 Å². The number of hydrogen-bond donors (Lipinski definition) is 0. The molecule has 0 heterocycles. The normalized spacial score (nSPS) is 42.4. The average molecular weight is 304 g/mol. The summed E-state index contributed by atoms with van der Waals surface area (Å²) in [5.41, 5.74) is 0.886. The Kier molecular flexibility index (Phi) is 4.16. The summed E-state index contributed by atoms with van der Waals surface area (Å²) in [6.45, 7) is 10.3. The monoisotopic (exact) mass is 304 g/mol. The minimum Gasteiger partial charge on any atom is -0.455 e. The molecule has 124 valence electrons. The molecule has 4 saturated carbocycles. The summed E-state index contributed by atoms with van der Waals surface area (Å²) < 4.78 is 6.23. The predicted octanol–water partition coefficient (Wildman–Crippen LogP) is 5.27. The van der Waals surface area contributed by atoms with E-state index in [2.05, 4.69) is 20.4 Å². The van der Waals surface area contributed by atoms with E-state index >= 15 is 0 Å². The van der Waals surface area contributed by atoms with Crippen LogP contribution >= 0.6 is 0 Å². The molecule has 4 aliphatic carbocycles. The highest BCUT2D eigenvalue weighted by Gasteiger charge is 2.62. The molecule has 2 atom stereocenters. The topological polar surface area (TPSA) is 26.3 Å². The third kappa shape index (κ3) is 2.63. The maximum Gasteiger partial charge on any atom is 0.333 e. The van der Waals surface area contributed by atoms with Gasteiger partial charge in [-0.2, -0.15) is 0 Å². The Morgan fingerprint density at radius 2 is 1.82 bits per heavy atom. The number of carbonyl (C=O) groups excluding carboxylic acids is 1. The third-order valence-corrected chi connectivity index (χ3v) is 6.68. The van der Waals surface area contributed by atoms with E-state index in [1.54, 1.807) is 6.92 Å². The van der Waals surface area contributed by atoms with Gasteiger partial charge in [0.15, 0.2) is 0 Å². The van der Waals surface area contributed by atoms with Crippen LogP contribution in [-0.2, 0) is 9.53 Å². The molecule has 22 heavy (non-hydrogen) atoms. The third-order valence-electron chi connectivity index (χ3n) is 6.68. The van der Waals surface area contributed by atoms with Crippen LogP contribution in [0.25, 0.3) is 0 Å². The largest absolute Gasteiger partial charge is 0.455 e. The molecule has 0 radical (unpaired) electrons. The van der Waals surface area contributed by atoms with Crippen LogP contribution in [-0.4, -0.2) is 11.6 Å². The maximum absolute atomic E-state index is 12.3. The van der Waals surface area contributed by atoms with Gasteiger partial charge in [0.1, 0.15) is 5.60 Å². The summed E-state index contributed by atoms with van der Waals surface area (Å²) >= 11 is 0. The second-order valence-electron chi connectivity index (χ2n) is 8.74. The molecule has 0 saturated heterocycles. The van der Waals surface area contributed by atoms with E-state index in [0.717, 1.165) is 12.3 Å². The Morgan fingerprint density at radius 3 is 2.32 bits per heavy atom. The number of unbranched alkanes of at least 4 members (excludes halogenated alkanes) is 2. The highest BCUT2D eigenvalue weighted by Crippen LogP contribution is 2.65. The average Bonchev–Trinajstić information content (AvgIpc) is 2.42. The number of carbonyl (C=O) groups is 1. The first kappa shape index (κ1) is 16.1. The standard InChI is InChI=1S/C20H32O2/c1-5-6-7-8-20(22-18(21)14(2)3)16-9-15-10-17(20)13-19(4,11-15)12-16/h15-17H,2,5-13H2,1,3-4H3. The van der Waals surface area contributed by atoms with Crippen molar-refractivity contribution in [2.45, 2.75) is 84.2 Å². The summed E-state index contributed by atoms with van der Waals surface area (Å²) in [4.78, 5) is 12.3. The van der Waals surface area contributed by atoms with Crippen LogP contribution in [0.2, 0.25) is 0 Å². The Labute approximate surface area is 135 Å². The molecular weight excluding hydrogens is 272 g/mol. The van der Waals surface area contributed by atoms with Crippen molar-refractivity contribution in [3.05, 3.63) is 12.2 Å². The lowest BCUT2D eigenvalue weighted by molar-refractivity contribution is -0.223. The van der Waals surface area contributed by atoms with Crippen LogP contribution in [0.15, 0.2) is 12.2 Å². The van der Waals surface area contributed by atoms with Gasteiger partial charge < -0.3 is 4.74 Å². The predicted molar refractivity (Wildman–Crippen MR) is 89.4 cm³/mol. The molecule has 0 spiro atoms. The van der Waals surface area contributed by atoms with Gasteiger partial charge in [0.25, 0.3) is 0 Å². The Balaban J connectivity index is 1.85. The van der Waals surface area contributed by atoms with Crippen molar-refractivity contribution in [2.75, 3.05) is 0 Å². The van der Waals surface area contributed by atoms with Crippen molar-refractivity contribution in [2.24, 2.45) is 23.2 Å². The number of rotatable bonds is 6. The highest BCUT2D eigenvalue weighted by molar-refractivity contribution is 5.87. The van der Waals surface area contributed by atoms with Crippen LogP contribution in [0.4, 0.5) is 0 Å². The van der Waals surface area contributed by atoms with Gasteiger partial charge in [-0.1, -0.05) is 33.3 Å². The van der Waals surface area contributed by atoms with Gasteiger partial charge in [-0.05, 0) is 75.0 Å². The summed E-state index contributed by atoms with van der Waals surface area (Å²) in [5.74, 6) is 1.90. The summed E-state index contributed by atoms with van der Waals surface area (Å²) in [6.07, 6.45) is 11.2. The Hall–Kier alpha value is -0.790. The van der Waals surface area contributed by atoms with Gasteiger partial charge in [0.2, 0.25) is 0 Å². The van der Waals surface area contributed by atoms with Crippen LogP contribution < -0.4 is 0 Å². The van der Waals surface area contributed by atoms with E-state index in [9.17, 15) is 4.79 Å². The SMILES string of the molecule is C=C(C)C(=O)OC1(CCCCC)C2CC3CC1CC(C)(C3)C2. The molecule has 0 aromatic carbocycles. The zero-order valence-electron chi connectivity index (χ0n) is 14.6. The first-order chi connectivity index (χ1) is 10.4. The van der Waals surface area contributed by atoms with Crippen LogP contribution in [0.3, 0.4) is 0 Å². The summed E-state index contributed by atoms with van der Waals surface area (Å²) in [7, 11) is 0. The van der Waals surface area contributed by atoms with E-state index in [0.29, 0.717) is 22.8 Å². The van der Waals surface area contributed by atoms with Crippen LogP contribution in [0.5, 0.6) is 0 Å². The van der Waals surface area contributed by atoms with E-state index in [1.807, 2.05) is 0 Å². The molecular formula is C20H32O2. The molecule has 4 fully saturated rings. The molecule has 0 aliphatic heterocycles. The Bertz CT molecular complexity index is 448. The molecule has 2 unspecified atom stereocenters. The number of ether oxygens (including phenoxy) is 1. The van der Waals surface area contributed by atoms with Gasteiger partial charge in [-0.15, -0.1) is 0 Å². The fourth-order valence-corrected chi connectivity index (χ4v) is 5.99. The van der Waals surface area contributed by atoms with Crippen molar-refractivity contribution < 1.29 is 9.53 Å². The van der Waals surface area contributed by atoms with Crippen LogP contribution in [0, 0.1) is 23.2 Å². The smallest absolute Gasteiger partial charge is 0.333 e. The molecule has 0 aromatic heterocycles. The lowest BCUT2D eigenvalue weighted by atomic mass is 9.44. The first-order valence-electron chi connectivity index (χ1n) is 9.27. The summed E-state index contributed by atoms with van der Waals surface area (Å²) in [6, 6.07) is 0. The Morgan fingerprint density at radius 1 is 1.18 bits per heavy atom. The molecule has 2 nitrogen and oxygen atoms in total. The summed E-state index contributed by atoms with van der Waals surface area (Å²) in [5, 5.41) is 0. The van der Waals surface area contributed by atoms with E-state index in [4.69, 9.17) is 4.74 Å². The van der Waals surface area contributed by atoms with E-state index in [-0.39, 0.29) is 11.6 Å². The minimum absolute atomic E-state index is 0.158. The second-order valence-corrected chi connectivity index (χ2v) is 8.74. The lowest BCUT2D eigenvalue weighted by Crippen LogP contribution is -2.62. The molecule has 2 heteroatoms. The zero-order valence-corrected chi connectivity index (χ0v) is 14.6. The number of hydrogen-bond acceptors (Lipinski definition) is 2. The zero-order chi connectivity index (χ0) is 16.0. The lowest BCUT2D eigenvalue weighted by Gasteiger charge is -2.64. The van der Waals surface area contributed by atoms with Gasteiger partial charge >= 0.3 is 5.97 Å². The van der Waals surface area contributed by atoms with Gasteiger partial charge in [-0.25, -0.2) is 4.79 Å². The van der Waals surface area contributed by atoms with Gasteiger partial charge in [-0.3, -0.25) is 0 Å².